The van der Waals surface area contributed by atoms with Gasteiger partial charge in [0.15, 0.2) is 0 Å². The van der Waals surface area contributed by atoms with E-state index in [1.54, 1.807) is 0 Å². The van der Waals surface area contributed by atoms with Gasteiger partial charge in [0.25, 0.3) is 0 Å². The van der Waals surface area contributed by atoms with Crippen molar-refractivity contribution in [1.29, 1.82) is 0 Å². The van der Waals surface area contributed by atoms with E-state index in [2.05, 4.69) is 28.9 Å². The minimum atomic E-state index is 0.176. The molecule has 0 bridgehead atoms. The van der Waals surface area contributed by atoms with E-state index >= 15 is 0 Å². The minimum absolute atomic E-state index is 0.176. The summed E-state index contributed by atoms with van der Waals surface area (Å²) in [7, 11) is 0. The zero-order chi connectivity index (χ0) is 12.1. The van der Waals surface area contributed by atoms with Gasteiger partial charge >= 0.3 is 0 Å². The average Bonchev–Trinajstić information content (AvgIpc) is 2.22. The molecular formula is C13H20BrNO. The van der Waals surface area contributed by atoms with Crippen molar-refractivity contribution in [2.75, 3.05) is 0 Å². The number of hydrogen-bond acceptors (Lipinski definition) is 2. The summed E-state index contributed by atoms with van der Waals surface area (Å²) in [5, 5.41) is 0. The van der Waals surface area contributed by atoms with Crippen molar-refractivity contribution >= 4 is 15.9 Å². The van der Waals surface area contributed by atoms with Gasteiger partial charge in [-0.1, -0.05) is 19.1 Å². The standard InChI is InChI=1S/C13H20BrNO/c1-4-11(15)8-10-6-5-7-12(14)13(10)16-9(2)3/h5-7,9,11H,4,8,15H2,1-3H3. The second-order valence-corrected chi connectivity index (χ2v) is 5.12. The van der Waals surface area contributed by atoms with Gasteiger partial charge in [0.05, 0.1) is 10.6 Å². The molecular weight excluding hydrogens is 266 g/mol. The Labute approximate surface area is 106 Å². The Balaban J connectivity index is 2.93. The lowest BCUT2D eigenvalue weighted by atomic mass is 10.0. The Morgan fingerprint density at radius 1 is 1.38 bits per heavy atom. The summed E-state index contributed by atoms with van der Waals surface area (Å²) in [5.41, 5.74) is 7.16. The largest absolute Gasteiger partial charge is 0.490 e. The molecule has 1 aromatic rings. The Kier molecular flexibility index (Phi) is 5.29. The van der Waals surface area contributed by atoms with Gasteiger partial charge in [-0.25, -0.2) is 0 Å². The topological polar surface area (TPSA) is 35.2 Å². The monoisotopic (exact) mass is 285 g/mol. The van der Waals surface area contributed by atoms with Crippen LogP contribution in [0.3, 0.4) is 0 Å². The van der Waals surface area contributed by atoms with Gasteiger partial charge in [-0.05, 0) is 54.2 Å². The van der Waals surface area contributed by atoms with Crippen molar-refractivity contribution < 1.29 is 4.74 Å². The number of nitrogens with two attached hydrogens (primary N) is 1. The van der Waals surface area contributed by atoms with Crippen LogP contribution in [0.1, 0.15) is 32.8 Å². The smallest absolute Gasteiger partial charge is 0.137 e. The van der Waals surface area contributed by atoms with E-state index in [9.17, 15) is 0 Å². The summed E-state index contributed by atoms with van der Waals surface area (Å²) in [5.74, 6) is 0.932. The molecule has 0 aliphatic heterocycles. The first-order chi connectivity index (χ1) is 7.54. The van der Waals surface area contributed by atoms with Crippen LogP contribution in [0.2, 0.25) is 0 Å². The first-order valence-electron chi connectivity index (χ1n) is 5.74. The molecule has 0 fully saturated rings. The van der Waals surface area contributed by atoms with Crippen LogP contribution in [-0.2, 0) is 6.42 Å². The zero-order valence-electron chi connectivity index (χ0n) is 10.2. The maximum Gasteiger partial charge on any atom is 0.137 e. The van der Waals surface area contributed by atoms with Gasteiger partial charge in [0, 0.05) is 6.04 Å². The van der Waals surface area contributed by atoms with E-state index < -0.39 is 0 Å². The molecule has 0 heterocycles. The predicted octanol–water partition coefficient (Wildman–Crippen LogP) is 3.52. The summed E-state index contributed by atoms with van der Waals surface area (Å²) in [6.07, 6.45) is 2.02. The normalized spacial score (nSPS) is 12.9. The first kappa shape index (κ1) is 13.5. The van der Waals surface area contributed by atoms with Crippen molar-refractivity contribution in [3.8, 4) is 5.75 Å². The predicted molar refractivity (Wildman–Crippen MR) is 71.9 cm³/mol. The fraction of sp³-hybridized carbons (Fsp3) is 0.538. The Morgan fingerprint density at radius 3 is 2.62 bits per heavy atom. The van der Waals surface area contributed by atoms with Crippen molar-refractivity contribution in [3.05, 3.63) is 28.2 Å². The molecule has 3 heteroatoms. The Hall–Kier alpha value is -0.540. The lowest BCUT2D eigenvalue weighted by Gasteiger charge is -2.17. The highest BCUT2D eigenvalue weighted by Crippen LogP contribution is 2.30. The lowest BCUT2D eigenvalue weighted by molar-refractivity contribution is 0.238. The molecule has 0 saturated carbocycles. The van der Waals surface area contributed by atoms with Gasteiger partial charge in [0.2, 0.25) is 0 Å². The molecule has 0 spiro atoms. The van der Waals surface area contributed by atoms with E-state index in [1.807, 2.05) is 26.0 Å². The highest BCUT2D eigenvalue weighted by molar-refractivity contribution is 9.10. The number of halogens is 1. The minimum Gasteiger partial charge on any atom is -0.490 e. The number of rotatable bonds is 5. The van der Waals surface area contributed by atoms with Crippen molar-refractivity contribution in [2.24, 2.45) is 5.73 Å². The van der Waals surface area contributed by atoms with Gasteiger partial charge in [-0.2, -0.15) is 0 Å². The molecule has 90 valence electrons. The summed E-state index contributed by atoms with van der Waals surface area (Å²) < 4.78 is 6.82. The molecule has 0 amide bonds. The van der Waals surface area contributed by atoms with Gasteiger partial charge in [-0.15, -0.1) is 0 Å². The van der Waals surface area contributed by atoms with E-state index in [1.165, 1.54) is 5.56 Å². The van der Waals surface area contributed by atoms with Crippen LogP contribution in [0.25, 0.3) is 0 Å². The number of ether oxygens (including phenoxy) is 1. The SMILES string of the molecule is CCC(N)Cc1cccc(Br)c1OC(C)C. The first-order valence-corrected chi connectivity index (χ1v) is 6.53. The van der Waals surface area contributed by atoms with Crippen molar-refractivity contribution in [2.45, 2.75) is 45.8 Å². The summed E-state index contributed by atoms with van der Waals surface area (Å²) >= 11 is 3.52. The van der Waals surface area contributed by atoms with E-state index in [-0.39, 0.29) is 12.1 Å². The molecule has 2 nitrogen and oxygen atoms in total. The maximum atomic E-state index is 5.98. The molecule has 1 unspecified atom stereocenters. The van der Waals surface area contributed by atoms with Gasteiger partial charge in [0.1, 0.15) is 5.75 Å². The van der Waals surface area contributed by atoms with E-state index in [0.717, 1.165) is 23.1 Å². The zero-order valence-corrected chi connectivity index (χ0v) is 11.8. The average molecular weight is 286 g/mol. The van der Waals surface area contributed by atoms with Crippen molar-refractivity contribution in [1.82, 2.24) is 0 Å². The van der Waals surface area contributed by atoms with Crippen LogP contribution in [0.4, 0.5) is 0 Å². The lowest BCUT2D eigenvalue weighted by Crippen LogP contribution is -2.22. The van der Waals surface area contributed by atoms with Crippen LogP contribution < -0.4 is 10.5 Å². The van der Waals surface area contributed by atoms with E-state index in [4.69, 9.17) is 10.5 Å². The fourth-order valence-corrected chi connectivity index (χ4v) is 2.01. The molecule has 1 atom stereocenters. The summed E-state index contributed by atoms with van der Waals surface area (Å²) in [4.78, 5) is 0. The molecule has 0 aliphatic carbocycles. The third kappa shape index (κ3) is 3.80. The summed E-state index contributed by atoms with van der Waals surface area (Å²) in [6, 6.07) is 6.30. The second kappa shape index (κ2) is 6.26. The molecule has 1 rings (SSSR count). The molecule has 0 radical (unpaired) electrons. The number of benzene rings is 1. The maximum absolute atomic E-state index is 5.98. The number of para-hydroxylation sites is 1. The molecule has 2 N–H and O–H groups in total. The van der Waals surface area contributed by atoms with Crippen LogP contribution in [0.5, 0.6) is 5.75 Å². The van der Waals surface area contributed by atoms with Crippen LogP contribution in [-0.4, -0.2) is 12.1 Å². The summed E-state index contributed by atoms with van der Waals surface area (Å²) in [6.45, 7) is 6.16. The van der Waals surface area contributed by atoms with E-state index in [0.29, 0.717) is 0 Å². The van der Waals surface area contributed by atoms with Crippen molar-refractivity contribution in [3.63, 3.8) is 0 Å². The highest BCUT2D eigenvalue weighted by atomic mass is 79.9. The Morgan fingerprint density at radius 2 is 2.06 bits per heavy atom. The second-order valence-electron chi connectivity index (χ2n) is 4.27. The van der Waals surface area contributed by atoms with Gasteiger partial charge < -0.3 is 10.5 Å². The molecule has 0 aromatic heterocycles. The van der Waals surface area contributed by atoms with Gasteiger partial charge in [-0.3, -0.25) is 0 Å². The van der Waals surface area contributed by atoms with Crippen LogP contribution >= 0.6 is 15.9 Å². The fourth-order valence-electron chi connectivity index (χ4n) is 1.51. The highest BCUT2D eigenvalue weighted by Gasteiger charge is 2.12. The van der Waals surface area contributed by atoms with Crippen LogP contribution in [0, 0.1) is 0 Å². The molecule has 0 aliphatic rings. The third-order valence-electron chi connectivity index (χ3n) is 2.41. The molecule has 1 aromatic carbocycles. The quantitative estimate of drug-likeness (QED) is 0.899. The number of hydrogen-bond donors (Lipinski definition) is 1. The molecule has 16 heavy (non-hydrogen) atoms. The third-order valence-corrected chi connectivity index (χ3v) is 3.03. The Bertz CT molecular complexity index is 339. The van der Waals surface area contributed by atoms with Crippen LogP contribution in [0.15, 0.2) is 22.7 Å². The molecule has 0 saturated heterocycles.